The molecule has 2 rings (SSSR count). The van der Waals surface area contributed by atoms with E-state index < -0.39 is 34.1 Å². The molecule has 10 heteroatoms. The van der Waals surface area contributed by atoms with E-state index in [-0.39, 0.29) is 13.2 Å². The van der Waals surface area contributed by atoms with Crippen LogP contribution in [0.3, 0.4) is 0 Å². The summed E-state index contributed by atoms with van der Waals surface area (Å²) in [7, 11) is -3.86. The molecule has 1 fully saturated rings. The smallest absolute Gasteiger partial charge is 0.363 e. The van der Waals surface area contributed by atoms with Crippen LogP contribution in [0.4, 0.5) is 13.2 Å². The van der Waals surface area contributed by atoms with E-state index in [9.17, 15) is 21.6 Å². The van der Waals surface area contributed by atoms with Crippen LogP contribution in [0, 0.1) is 6.92 Å². The summed E-state index contributed by atoms with van der Waals surface area (Å²) in [6.07, 6.45) is -4.63. The summed E-state index contributed by atoms with van der Waals surface area (Å²) >= 11 is 1.30. The third-order valence-electron chi connectivity index (χ3n) is 3.23. The molecule has 0 amide bonds. The molecule has 0 aromatic carbocycles. The van der Waals surface area contributed by atoms with E-state index in [4.69, 9.17) is 4.74 Å². The maximum Gasteiger partial charge on any atom is 0.418 e. The zero-order valence-corrected chi connectivity index (χ0v) is 13.1. The fourth-order valence-electron chi connectivity index (χ4n) is 2.00. The Kier molecular flexibility index (Phi) is 4.35. The predicted molar refractivity (Wildman–Crippen MR) is 71.5 cm³/mol. The van der Waals surface area contributed by atoms with Crippen molar-refractivity contribution in [3.63, 3.8) is 0 Å². The van der Waals surface area contributed by atoms with Crippen molar-refractivity contribution in [3.8, 4) is 0 Å². The van der Waals surface area contributed by atoms with Crippen molar-refractivity contribution < 1.29 is 26.3 Å². The minimum Gasteiger partial charge on any atom is -0.363 e. The first kappa shape index (κ1) is 16.7. The van der Waals surface area contributed by atoms with E-state index in [1.54, 1.807) is 12.3 Å². The van der Waals surface area contributed by atoms with E-state index in [0.29, 0.717) is 10.7 Å². The van der Waals surface area contributed by atoms with E-state index in [1.807, 2.05) is 0 Å². The molecule has 5 nitrogen and oxygen atoms in total. The highest BCUT2D eigenvalue weighted by Crippen LogP contribution is 2.36. The highest BCUT2D eigenvalue weighted by molar-refractivity contribution is 7.88. The number of hydrogen-bond donors (Lipinski definition) is 0. The summed E-state index contributed by atoms with van der Waals surface area (Å²) in [5.74, 6) is -0.398. The SMILES string of the molecule is Cc1nc(CS(=O)(=O)N2CCOC(C)(C(F)(F)F)C2)cs1. The second-order valence-electron chi connectivity index (χ2n) is 5.02. The molecule has 1 unspecified atom stereocenters. The quantitative estimate of drug-likeness (QED) is 0.841. The number of thiazole rings is 1. The second-order valence-corrected chi connectivity index (χ2v) is 8.06. The van der Waals surface area contributed by atoms with Gasteiger partial charge in [-0.3, -0.25) is 0 Å². The first-order valence-electron chi connectivity index (χ1n) is 6.13. The molecule has 0 N–H and O–H groups in total. The van der Waals surface area contributed by atoms with E-state index in [2.05, 4.69) is 4.98 Å². The van der Waals surface area contributed by atoms with E-state index in [0.717, 1.165) is 11.2 Å². The molecule has 0 radical (unpaired) electrons. The van der Waals surface area contributed by atoms with Crippen LogP contribution < -0.4 is 0 Å². The van der Waals surface area contributed by atoms with Crippen LogP contribution in [0.2, 0.25) is 0 Å². The maximum absolute atomic E-state index is 13.0. The van der Waals surface area contributed by atoms with E-state index in [1.165, 1.54) is 11.3 Å². The van der Waals surface area contributed by atoms with Crippen LogP contribution in [-0.2, 0) is 20.5 Å². The Morgan fingerprint density at radius 3 is 2.71 bits per heavy atom. The molecule has 0 saturated carbocycles. The van der Waals surface area contributed by atoms with E-state index >= 15 is 0 Å². The van der Waals surface area contributed by atoms with Crippen LogP contribution >= 0.6 is 11.3 Å². The minimum atomic E-state index is -4.63. The number of ether oxygens (including phenoxy) is 1. The molecule has 1 aliphatic heterocycles. The van der Waals surface area contributed by atoms with Crippen molar-refractivity contribution in [2.75, 3.05) is 19.7 Å². The van der Waals surface area contributed by atoms with Gasteiger partial charge in [-0.25, -0.2) is 13.4 Å². The lowest BCUT2D eigenvalue weighted by Gasteiger charge is -2.40. The molecule has 0 aliphatic carbocycles. The highest BCUT2D eigenvalue weighted by Gasteiger charge is 2.56. The number of alkyl halides is 3. The zero-order chi connectivity index (χ0) is 15.9. The average molecular weight is 344 g/mol. The van der Waals surface area contributed by atoms with Gasteiger partial charge < -0.3 is 4.74 Å². The third-order valence-corrected chi connectivity index (χ3v) is 5.81. The van der Waals surface area contributed by atoms with Crippen LogP contribution in [0.15, 0.2) is 5.38 Å². The summed E-state index contributed by atoms with van der Waals surface area (Å²) in [5, 5.41) is 2.30. The summed E-state index contributed by atoms with van der Waals surface area (Å²) in [4.78, 5) is 4.04. The number of halogens is 3. The van der Waals surface area contributed by atoms with Gasteiger partial charge in [0.1, 0.15) is 5.75 Å². The summed E-state index contributed by atoms with van der Waals surface area (Å²) in [5.41, 5.74) is -2.13. The lowest BCUT2D eigenvalue weighted by atomic mass is 10.1. The van der Waals surface area contributed by atoms with Crippen molar-refractivity contribution in [1.29, 1.82) is 0 Å². The van der Waals surface area contributed by atoms with Gasteiger partial charge in [-0.2, -0.15) is 17.5 Å². The third kappa shape index (κ3) is 3.55. The number of aryl methyl sites for hydroxylation is 1. The molecule has 1 atom stereocenters. The Morgan fingerprint density at radius 1 is 1.52 bits per heavy atom. The molecule has 1 saturated heterocycles. The molecule has 1 aromatic rings. The Balaban J connectivity index is 2.17. The number of sulfonamides is 1. The Bertz CT molecular complexity index is 614. The fraction of sp³-hybridized carbons (Fsp3) is 0.727. The first-order chi connectivity index (χ1) is 9.53. The maximum atomic E-state index is 13.0. The Labute approximate surface area is 124 Å². The van der Waals surface area contributed by atoms with Gasteiger partial charge >= 0.3 is 6.18 Å². The minimum absolute atomic E-state index is 0.0862. The van der Waals surface area contributed by atoms with Gasteiger partial charge in [-0.05, 0) is 13.8 Å². The molecule has 2 heterocycles. The zero-order valence-electron chi connectivity index (χ0n) is 11.5. The molecule has 0 spiro atoms. The molecule has 120 valence electrons. The molecule has 1 aromatic heterocycles. The number of nitrogens with zero attached hydrogens (tertiary/aromatic N) is 2. The monoisotopic (exact) mass is 344 g/mol. The standard InChI is InChI=1S/C11H15F3N2O3S2/c1-8-15-9(5-20-8)6-21(17,18)16-3-4-19-10(2,7-16)11(12,13)14/h5H,3-4,6-7H2,1-2H3. The van der Waals surface area contributed by atoms with Gasteiger partial charge in [-0.1, -0.05) is 0 Å². The van der Waals surface area contributed by atoms with Crippen LogP contribution in [0.25, 0.3) is 0 Å². The average Bonchev–Trinajstić information content (AvgIpc) is 2.72. The molecule has 0 bridgehead atoms. The number of morpholine rings is 1. The fourth-order valence-corrected chi connectivity index (χ4v) is 4.21. The number of aromatic nitrogens is 1. The molecular formula is C11H15F3N2O3S2. The Hall–Kier alpha value is -0.710. The van der Waals surface area contributed by atoms with Gasteiger partial charge in [0.05, 0.1) is 23.9 Å². The number of hydrogen-bond acceptors (Lipinski definition) is 5. The van der Waals surface area contributed by atoms with Crippen LogP contribution in [0.1, 0.15) is 17.6 Å². The normalized spacial score (nSPS) is 25.2. The lowest BCUT2D eigenvalue weighted by Crippen LogP contribution is -2.59. The first-order valence-corrected chi connectivity index (χ1v) is 8.62. The highest BCUT2D eigenvalue weighted by atomic mass is 32.2. The van der Waals surface area contributed by atoms with Gasteiger partial charge in [0, 0.05) is 11.9 Å². The second kappa shape index (κ2) is 5.49. The molecular weight excluding hydrogens is 329 g/mol. The lowest BCUT2D eigenvalue weighted by molar-refractivity contribution is -0.282. The number of rotatable bonds is 3. The summed E-state index contributed by atoms with van der Waals surface area (Å²) in [6, 6.07) is 0. The van der Waals surface area contributed by atoms with Gasteiger partial charge in [-0.15, -0.1) is 11.3 Å². The van der Waals surface area contributed by atoms with Crippen molar-refractivity contribution in [3.05, 3.63) is 16.1 Å². The van der Waals surface area contributed by atoms with Gasteiger partial charge in [0.25, 0.3) is 0 Å². The van der Waals surface area contributed by atoms with Crippen LogP contribution in [0.5, 0.6) is 0 Å². The van der Waals surface area contributed by atoms with Crippen molar-refractivity contribution in [1.82, 2.24) is 9.29 Å². The van der Waals surface area contributed by atoms with Gasteiger partial charge in [0.2, 0.25) is 10.0 Å². The largest absolute Gasteiger partial charge is 0.418 e. The molecule has 21 heavy (non-hydrogen) atoms. The van der Waals surface area contributed by atoms with Gasteiger partial charge in [0.15, 0.2) is 5.60 Å². The Morgan fingerprint density at radius 2 is 2.19 bits per heavy atom. The summed E-state index contributed by atoms with van der Waals surface area (Å²) < 4.78 is 69.0. The van der Waals surface area contributed by atoms with Crippen molar-refractivity contribution >= 4 is 21.4 Å². The topological polar surface area (TPSA) is 59.5 Å². The van der Waals surface area contributed by atoms with Crippen LogP contribution in [-0.4, -0.2) is 49.2 Å². The molecule has 1 aliphatic rings. The summed E-state index contributed by atoms with van der Waals surface area (Å²) in [6.45, 7) is 1.49. The predicted octanol–water partition coefficient (Wildman–Crippen LogP) is 1.93. The van der Waals surface area contributed by atoms with Crippen molar-refractivity contribution in [2.45, 2.75) is 31.4 Å². The van der Waals surface area contributed by atoms with Crippen molar-refractivity contribution in [2.24, 2.45) is 0 Å².